The number of hydrogen-bond acceptors (Lipinski definition) is 4. The Kier molecular flexibility index (Phi) is 7.54. The van der Waals surface area contributed by atoms with Gasteiger partial charge < -0.3 is 19.9 Å². The number of carbonyl (C=O) groups is 2. The summed E-state index contributed by atoms with van der Waals surface area (Å²) in [6, 6.07) is 22.0. The number of phenols is 1. The van der Waals surface area contributed by atoms with Crippen molar-refractivity contribution < 1.29 is 19.8 Å². The molecule has 0 aliphatic heterocycles. The number of fused-ring (bicyclic) bond motifs is 1. The number of imidazole rings is 1. The summed E-state index contributed by atoms with van der Waals surface area (Å²) in [5, 5.41) is 23.8. The van der Waals surface area contributed by atoms with Crippen LogP contribution in [-0.4, -0.2) is 37.5 Å². The number of phenolic OH excluding ortho intramolecular Hbond substituents is 1. The van der Waals surface area contributed by atoms with Crippen molar-refractivity contribution in [2.75, 3.05) is 0 Å². The van der Waals surface area contributed by atoms with Crippen molar-refractivity contribution in [3.63, 3.8) is 0 Å². The summed E-state index contributed by atoms with van der Waals surface area (Å²) in [5.74, 6) is -1.71. The van der Waals surface area contributed by atoms with Crippen LogP contribution in [-0.2, 0) is 17.6 Å². The molecule has 0 radical (unpaired) electrons. The normalized spacial score (nSPS) is 11.8. The molecule has 0 unspecified atom stereocenters. The Morgan fingerprint density at radius 1 is 0.872 bits per heavy atom. The Labute approximate surface area is 234 Å². The van der Waals surface area contributed by atoms with Crippen LogP contribution >= 0.6 is 23.2 Å². The molecular formula is C30H23Cl2N3O4. The lowest BCUT2D eigenvalue weighted by Crippen LogP contribution is -2.42. The van der Waals surface area contributed by atoms with Gasteiger partial charge in [0.15, 0.2) is 0 Å². The minimum atomic E-state index is -1.21. The molecule has 3 N–H and O–H groups in total. The highest BCUT2D eigenvalue weighted by Gasteiger charge is 2.24. The number of amides is 1. The zero-order valence-corrected chi connectivity index (χ0v) is 22.0. The number of rotatable bonds is 8. The number of nitrogens with zero attached hydrogens (tertiary/aromatic N) is 2. The van der Waals surface area contributed by atoms with Crippen LogP contribution in [0.25, 0.3) is 16.8 Å². The number of nitrogens with one attached hydrogen (secondary N) is 1. The quantitative estimate of drug-likeness (QED) is 0.215. The van der Waals surface area contributed by atoms with Crippen molar-refractivity contribution in [3.8, 4) is 16.9 Å². The number of aromatic nitrogens is 2. The fourth-order valence-electron chi connectivity index (χ4n) is 4.36. The SMILES string of the molecule is O=C(N[C@@H](Cc1ccc(O)cc1Cc1ccc(Cl)cc1)C(=O)O)c1cn2ccc(-c3ccc(Cl)cc3)cc2n1. The molecule has 39 heavy (non-hydrogen) atoms. The van der Waals surface area contributed by atoms with Crippen LogP contribution in [0.2, 0.25) is 10.0 Å². The fourth-order valence-corrected chi connectivity index (χ4v) is 4.62. The van der Waals surface area contributed by atoms with E-state index in [1.165, 1.54) is 6.07 Å². The van der Waals surface area contributed by atoms with E-state index in [0.29, 0.717) is 27.7 Å². The number of hydrogen-bond donors (Lipinski definition) is 3. The predicted octanol–water partition coefficient (Wildman–Crippen LogP) is 6.03. The van der Waals surface area contributed by atoms with Gasteiger partial charge in [-0.2, -0.15) is 0 Å². The topological polar surface area (TPSA) is 104 Å². The molecule has 0 aliphatic rings. The molecule has 1 atom stereocenters. The lowest BCUT2D eigenvalue weighted by atomic mass is 9.95. The first-order valence-electron chi connectivity index (χ1n) is 12.1. The van der Waals surface area contributed by atoms with Crippen molar-refractivity contribution in [1.29, 1.82) is 0 Å². The Morgan fingerprint density at radius 2 is 1.56 bits per heavy atom. The van der Waals surface area contributed by atoms with Gasteiger partial charge in [0.25, 0.3) is 5.91 Å². The minimum absolute atomic E-state index is 0.0262. The zero-order chi connectivity index (χ0) is 27.5. The smallest absolute Gasteiger partial charge is 0.326 e. The molecule has 7 nitrogen and oxygen atoms in total. The van der Waals surface area contributed by atoms with Gasteiger partial charge in [0, 0.05) is 28.9 Å². The van der Waals surface area contributed by atoms with Gasteiger partial charge in [0.2, 0.25) is 0 Å². The molecule has 2 aromatic heterocycles. The predicted molar refractivity (Wildman–Crippen MR) is 151 cm³/mol. The Morgan fingerprint density at radius 3 is 2.26 bits per heavy atom. The van der Waals surface area contributed by atoms with Gasteiger partial charge in [-0.3, -0.25) is 4.79 Å². The van der Waals surface area contributed by atoms with Crippen molar-refractivity contribution in [1.82, 2.24) is 14.7 Å². The van der Waals surface area contributed by atoms with Crippen LogP contribution in [0, 0.1) is 0 Å². The Balaban J connectivity index is 1.35. The van der Waals surface area contributed by atoms with Crippen molar-refractivity contribution >= 4 is 40.7 Å². The molecule has 5 rings (SSSR count). The van der Waals surface area contributed by atoms with Gasteiger partial charge in [-0.05, 0) is 82.8 Å². The first kappa shape index (κ1) is 26.3. The molecule has 2 heterocycles. The Hall–Kier alpha value is -4.33. The van der Waals surface area contributed by atoms with Gasteiger partial charge in [0.1, 0.15) is 23.1 Å². The first-order valence-corrected chi connectivity index (χ1v) is 12.8. The van der Waals surface area contributed by atoms with E-state index in [4.69, 9.17) is 23.2 Å². The summed E-state index contributed by atoms with van der Waals surface area (Å²) in [5.41, 5.74) is 4.89. The number of pyridine rings is 1. The molecular weight excluding hydrogens is 537 g/mol. The van der Waals surface area contributed by atoms with Gasteiger partial charge in [-0.1, -0.05) is 53.5 Å². The lowest BCUT2D eigenvalue weighted by Gasteiger charge is -2.17. The maximum Gasteiger partial charge on any atom is 0.326 e. The summed E-state index contributed by atoms with van der Waals surface area (Å²) in [4.78, 5) is 29.6. The van der Waals surface area contributed by atoms with E-state index >= 15 is 0 Å². The number of carbonyl (C=O) groups excluding carboxylic acids is 1. The third-order valence-corrected chi connectivity index (χ3v) is 6.90. The number of carboxylic acid groups (broad SMARTS) is 1. The van der Waals surface area contributed by atoms with Crippen LogP contribution in [0.4, 0.5) is 0 Å². The highest BCUT2D eigenvalue weighted by atomic mass is 35.5. The van der Waals surface area contributed by atoms with E-state index in [2.05, 4.69) is 10.3 Å². The second-order valence-corrected chi connectivity index (χ2v) is 10.0. The molecule has 0 aliphatic carbocycles. The number of benzene rings is 3. The fraction of sp³-hybridized carbons (Fsp3) is 0.100. The third-order valence-electron chi connectivity index (χ3n) is 6.40. The third kappa shape index (κ3) is 6.22. The molecule has 9 heteroatoms. The molecule has 0 fully saturated rings. The van der Waals surface area contributed by atoms with Gasteiger partial charge in [-0.25, -0.2) is 9.78 Å². The molecule has 196 valence electrons. The van der Waals surface area contributed by atoms with Crippen LogP contribution in [0.5, 0.6) is 5.75 Å². The number of aliphatic carboxylic acids is 1. The molecule has 3 aromatic carbocycles. The monoisotopic (exact) mass is 559 g/mol. The average molecular weight is 560 g/mol. The van der Waals surface area contributed by atoms with E-state index in [0.717, 1.165) is 22.3 Å². The second kappa shape index (κ2) is 11.2. The summed E-state index contributed by atoms with van der Waals surface area (Å²) >= 11 is 12.0. The summed E-state index contributed by atoms with van der Waals surface area (Å²) in [7, 11) is 0. The van der Waals surface area contributed by atoms with Crippen LogP contribution in [0.3, 0.4) is 0 Å². The maximum atomic E-state index is 13.1. The summed E-state index contributed by atoms with van der Waals surface area (Å²) in [6.07, 6.45) is 3.83. The summed E-state index contributed by atoms with van der Waals surface area (Å²) in [6.45, 7) is 0. The number of carboxylic acids is 1. The van der Waals surface area contributed by atoms with Crippen LogP contribution in [0.15, 0.2) is 91.3 Å². The molecule has 0 bridgehead atoms. The molecule has 0 spiro atoms. The molecule has 0 saturated carbocycles. The van der Waals surface area contributed by atoms with Crippen molar-refractivity contribution in [3.05, 3.63) is 124 Å². The van der Waals surface area contributed by atoms with Crippen LogP contribution in [0.1, 0.15) is 27.2 Å². The number of halogens is 2. The van der Waals surface area contributed by atoms with Gasteiger partial charge in [-0.15, -0.1) is 0 Å². The van der Waals surface area contributed by atoms with E-state index < -0.39 is 17.9 Å². The highest BCUT2D eigenvalue weighted by Crippen LogP contribution is 2.24. The summed E-state index contributed by atoms with van der Waals surface area (Å²) < 4.78 is 1.70. The second-order valence-electron chi connectivity index (χ2n) is 9.14. The molecule has 5 aromatic rings. The number of aromatic hydroxyl groups is 1. The first-order chi connectivity index (χ1) is 18.7. The van der Waals surface area contributed by atoms with Crippen molar-refractivity contribution in [2.45, 2.75) is 18.9 Å². The van der Waals surface area contributed by atoms with Crippen LogP contribution < -0.4 is 5.32 Å². The van der Waals surface area contributed by atoms with E-state index in [1.807, 2.05) is 36.4 Å². The average Bonchev–Trinajstić information content (AvgIpc) is 3.35. The van der Waals surface area contributed by atoms with Gasteiger partial charge >= 0.3 is 5.97 Å². The molecule has 1 amide bonds. The maximum absolute atomic E-state index is 13.1. The largest absolute Gasteiger partial charge is 0.508 e. The van der Waals surface area contributed by atoms with Gasteiger partial charge in [0.05, 0.1) is 0 Å². The van der Waals surface area contributed by atoms with E-state index in [9.17, 15) is 19.8 Å². The molecule has 0 saturated heterocycles. The van der Waals surface area contributed by atoms with E-state index in [1.54, 1.807) is 53.2 Å². The van der Waals surface area contributed by atoms with Crippen molar-refractivity contribution in [2.24, 2.45) is 0 Å². The van der Waals surface area contributed by atoms with E-state index in [-0.39, 0.29) is 17.9 Å². The standard InChI is InChI=1S/C30H23Cl2N3O4/c31-23-6-1-18(2-7-23)13-22-14-25(36)10-5-20(22)15-26(30(38)39)34-29(37)27-17-35-12-11-21(16-28(35)33-27)19-3-8-24(32)9-4-19/h1-12,14,16-17,26,36H,13,15H2,(H,34,37)(H,38,39)/t26-/m0/s1. The Bertz CT molecular complexity index is 1660. The zero-order valence-electron chi connectivity index (χ0n) is 20.5. The minimum Gasteiger partial charge on any atom is -0.508 e. The highest BCUT2D eigenvalue weighted by molar-refractivity contribution is 6.30. The lowest BCUT2D eigenvalue weighted by molar-refractivity contribution is -0.139.